The molecule has 0 saturated heterocycles. The van der Waals surface area contributed by atoms with Crippen LogP contribution in [0.1, 0.15) is 84.0 Å². The summed E-state index contributed by atoms with van der Waals surface area (Å²) in [5.41, 5.74) is 0. The van der Waals surface area contributed by atoms with E-state index < -0.39 is 12.1 Å². The average molecular weight is 332 g/mol. The van der Waals surface area contributed by atoms with Crippen LogP contribution in [0.4, 0.5) is 0 Å². The molecule has 3 nitrogen and oxygen atoms in total. The maximum absolute atomic E-state index is 9.73. The molecule has 0 aliphatic heterocycles. The molecule has 132 valence electrons. The number of thiol groups is 1. The Morgan fingerprint density at radius 2 is 1.41 bits per heavy atom. The van der Waals surface area contributed by atoms with Crippen molar-refractivity contribution in [2.75, 3.05) is 6.61 Å². The van der Waals surface area contributed by atoms with E-state index in [0.717, 1.165) is 6.42 Å². The number of hydrogen-bond acceptors (Lipinski definition) is 4. The molecule has 4 heteroatoms. The minimum absolute atomic E-state index is 0.118. The summed E-state index contributed by atoms with van der Waals surface area (Å²) in [5.74, 6) is 0. The minimum atomic E-state index is -0.671. The smallest absolute Gasteiger partial charge is 0.0905 e. The standard InChI is InChI=1S/C18H37NO2S/c1-2-3-4-5-6-7-8-9-10-11-12-13-14-15-18(21)17(16-20)19-22/h14-15,17-22H,2-13,16H2,1H3/b15-14+/t17-,18+/m0/s1. The molecule has 0 rings (SSSR count). The predicted octanol–water partition coefficient (Wildman–Crippen LogP) is 4.40. The van der Waals surface area contributed by atoms with Crippen LogP contribution in [0, 0.1) is 0 Å². The molecule has 0 radical (unpaired) electrons. The second-order valence-electron chi connectivity index (χ2n) is 6.16. The van der Waals surface area contributed by atoms with Crippen molar-refractivity contribution in [3.8, 4) is 0 Å². The highest BCUT2D eigenvalue weighted by Crippen LogP contribution is 2.12. The minimum Gasteiger partial charge on any atom is -0.395 e. The number of aliphatic hydroxyl groups is 2. The largest absolute Gasteiger partial charge is 0.395 e. The van der Waals surface area contributed by atoms with Crippen LogP contribution in [-0.4, -0.2) is 29.0 Å². The van der Waals surface area contributed by atoms with E-state index in [-0.39, 0.29) is 6.61 Å². The van der Waals surface area contributed by atoms with Crippen LogP contribution in [-0.2, 0) is 0 Å². The lowest BCUT2D eigenvalue weighted by molar-refractivity contribution is 0.137. The summed E-state index contributed by atoms with van der Waals surface area (Å²) in [5, 5.41) is 18.7. The third-order valence-corrected chi connectivity index (χ3v) is 4.41. The van der Waals surface area contributed by atoms with E-state index in [0.29, 0.717) is 0 Å². The zero-order valence-electron chi connectivity index (χ0n) is 14.3. The number of aliphatic hydroxyl groups excluding tert-OH is 2. The maximum Gasteiger partial charge on any atom is 0.0905 e. The molecular formula is C18H37NO2S. The van der Waals surface area contributed by atoms with E-state index in [1.807, 2.05) is 6.08 Å². The molecule has 0 aromatic rings. The van der Waals surface area contributed by atoms with E-state index in [1.54, 1.807) is 6.08 Å². The van der Waals surface area contributed by atoms with E-state index in [1.165, 1.54) is 70.6 Å². The lowest BCUT2D eigenvalue weighted by Gasteiger charge is -2.15. The van der Waals surface area contributed by atoms with Crippen molar-refractivity contribution in [2.45, 2.75) is 96.1 Å². The van der Waals surface area contributed by atoms with Crippen molar-refractivity contribution in [1.29, 1.82) is 0 Å². The quantitative estimate of drug-likeness (QED) is 0.193. The topological polar surface area (TPSA) is 52.5 Å². The summed E-state index contributed by atoms with van der Waals surface area (Å²) in [4.78, 5) is 0. The molecule has 0 aromatic heterocycles. The first-order chi connectivity index (χ1) is 10.8. The van der Waals surface area contributed by atoms with Crippen molar-refractivity contribution in [2.24, 2.45) is 0 Å². The first-order valence-corrected chi connectivity index (χ1v) is 9.56. The van der Waals surface area contributed by atoms with E-state index in [4.69, 9.17) is 5.11 Å². The lowest BCUT2D eigenvalue weighted by atomic mass is 10.0. The molecule has 0 amide bonds. The van der Waals surface area contributed by atoms with E-state index in [2.05, 4.69) is 24.5 Å². The Kier molecular flexibility index (Phi) is 17.3. The Bertz CT molecular complexity index is 245. The number of nitrogens with one attached hydrogen (secondary N) is 1. The molecule has 0 aliphatic rings. The van der Waals surface area contributed by atoms with Crippen LogP contribution < -0.4 is 4.72 Å². The van der Waals surface area contributed by atoms with Crippen LogP contribution in [0.3, 0.4) is 0 Å². The zero-order valence-corrected chi connectivity index (χ0v) is 15.2. The van der Waals surface area contributed by atoms with E-state index >= 15 is 0 Å². The summed E-state index contributed by atoms with van der Waals surface area (Å²) < 4.78 is 2.59. The second-order valence-corrected chi connectivity index (χ2v) is 6.42. The molecule has 0 bridgehead atoms. The van der Waals surface area contributed by atoms with Gasteiger partial charge in [0.05, 0.1) is 18.8 Å². The Morgan fingerprint density at radius 3 is 1.86 bits per heavy atom. The normalized spacial score (nSPS) is 14.5. The summed E-state index contributed by atoms with van der Waals surface area (Å²) >= 11 is 3.87. The van der Waals surface area contributed by atoms with Crippen molar-refractivity contribution >= 4 is 12.8 Å². The first kappa shape index (κ1) is 22.0. The zero-order chi connectivity index (χ0) is 16.5. The fourth-order valence-corrected chi connectivity index (χ4v) is 2.76. The van der Waals surface area contributed by atoms with Gasteiger partial charge in [-0.1, -0.05) is 96.1 Å². The van der Waals surface area contributed by atoms with Crippen LogP contribution in [0.2, 0.25) is 0 Å². The van der Waals surface area contributed by atoms with Gasteiger partial charge >= 0.3 is 0 Å². The van der Waals surface area contributed by atoms with Crippen LogP contribution in [0.15, 0.2) is 12.2 Å². The third kappa shape index (κ3) is 13.6. The summed E-state index contributed by atoms with van der Waals surface area (Å²) in [6.45, 7) is 2.14. The number of unbranched alkanes of at least 4 members (excludes halogenated alkanes) is 11. The van der Waals surface area contributed by atoms with Gasteiger partial charge in [0.1, 0.15) is 0 Å². The molecule has 0 saturated carbocycles. The van der Waals surface area contributed by atoms with Gasteiger partial charge in [-0.05, 0) is 12.8 Å². The molecule has 0 spiro atoms. The molecule has 2 atom stereocenters. The van der Waals surface area contributed by atoms with Gasteiger partial charge in [-0.25, -0.2) is 0 Å². The van der Waals surface area contributed by atoms with Crippen molar-refractivity contribution in [1.82, 2.24) is 4.72 Å². The van der Waals surface area contributed by atoms with Gasteiger partial charge in [0, 0.05) is 0 Å². The van der Waals surface area contributed by atoms with Gasteiger partial charge in [0.2, 0.25) is 0 Å². The lowest BCUT2D eigenvalue weighted by Crippen LogP contribution is -2.36. The van der Waals surface area contributed by atoms with Crippen LogP contribution in [0.5, 0.6) is 0 Å². The molecule has 0 fully saturated rings. The van der Waals surface area contributed by atoms with Crippen molar-refractivity contribution < 1.29 is 10.2 Å². The average Bonchev–Trinajstić information content (AvgIpc) is 2.53. The Balaban J connectivity index is 3.29. The molecule has 3 N–H and O–H groups in total. The molecule has 0 heterocycles. The van der Waals surface area contributed by atoms with E-state index in [9.17, 15) is 5.11 Å². The van der Waals surface area contributed by atoms with Gasteiger partial charge in [-0.15, -0.1) is 0 Å². The maximum atomic E-state index is 9.73. The molecule has 22 heavy (non-hydrogen) atoms. The molecule has 0 unspecified atom stereocenters. The number of allylic oxidation sites excluding steroid dienone is 1. The predicted molar refractivity (Wildman–Crippen MR) is 99.2 cm³/mol. The summed E-state index contributed by atoms with van der Waals surface area (Å²) in [7, 11) is 0. The monoisotopic (exact) mass is 331 g/mol. The Morgan fingerprint density at radius 1 is 0.909 bits per heavy atom. The van der Waals surface area contributed by atoms with Gasteiger partial charge in [-0.3, -0.25) is 4.72 Å². The fraction of sp³-hybridized carbons (Fsp3) is 0.889. The van der Waals surface area contributed by atoms with Crippen LogP contribution in [0.25, 0.3) is 0 Å². The van der Waals surface area contributed by atoms with Gasteiger partial charge in [0.15, 0.2) is 0 Å². The van der Waals surface area contributed by atoms with Gasteiger partial charge < -0.3 is 10.2 Å². The number of rotatable bonds is 16. The highest BCUT2D eigenvalue weighted by molar-refractivity contribution is 7.78. The highest BCUT2D eigenvalue weighted by atomic mass is 32.1. The molecule has 0 aromatic carbocycles. The van der Waals surface area contributed by atoms with Gasteiger partial charge in [0.25, 0.3) is 0 Å². The first-order valence-electron chi connectivity index (χ1n) is 9.11. The van der Waals surface area contributed by atoms with Crippen molar-refractivity contribution in [3.05, 3.63) is 12.2 Å². The van der Waals surface area contributed by atoms with Gasteiger partial charge in [-0.2, -0.15) is 0 Å². The second kappa shape index (κ2) is 17.3. The Labute approximate surface area is 143 Å². The Hall–Kier alpha value is -0.0300. The third-order valence-electron chi connectivity index (χ3n) is 4.08. The molecular weight excluding hydrogens is 294 g/mol. The summed E-state index contributed by atoms with van der Waals surface area (Å²) in [6, 6.07) is -0.392. The van der Waals surface area contributed by atoms with Crippen LogP contribution >= 0.6 is 12.8 Å². The van der Waals surface area contributed by atoms with Crippen molar-refractivity contribution in [3.63, 3.8) is 0 Å². The highest BCUT2D eigenvalue weighted by Gasteiger charge is 2.12. The molecule has 0 aliphatic carbocycles. The number of hydrogen-bond donors (Lipinski definition) is 4. The SMILES string of the molecule is CCCCCCCCCCCCC/C=C/[C@@H](O)[C@H](CO)NS. The fourth-order valence-electron chi connectivity index (χ4n) is 2.52. The summed E-state index contributed by atoms with van der Waals surface area (Å²) in [6.07, 6.45) is 18.9.